The van der Waals surface area contributed by atoms with Crippen LogP contribution in [0.4, 0.5) is 14.5 Å². The molecular weight excluding hydrogens is 330 g/mol. The Balaban J connectivity index is 2.04. The molecule has 8 heteroatoms. The van der Waals surface area contributed by atoms with E-state index < -0.39 is 28.9 Å². The van der Waals surface area contributed by atoms with Crippen LogP contribution < -0.4 is 10.6 Å². The van der Waals surface area contributed by atoms with Crippen LogP contribution in [0.25, 0.3) is 0 Å². The zero-order chi connectivity index (χ0) is 17.2. The minimum Gasteiger partial charge on any atom is -0.396 e. The van der Waals surface area contributed by atoms with Gasteiger partial charge in [-0.2, -0.15) is 0 Å². The van der Waals surface area contributed by atoms with E-state index >= 15 is 0 Å². The molecule has 1 aliphatic rings. The third-order valence-corrected chi connectivity index (χ3v) is 4.53. The molecule has 0 saturated heterocycles. The van der Waals surface area contributed by atoms with Gasteiger partial charge in [-0.1, -0.05) is 24.9 Å². The summed E-state index contributed by atoms with van der Waals surface area (Å²) in [4.78, 5) is 23.8. The predicted molar refractivity (Wildman–Crippen MR) is 81.0 cm³/mol. The summed E-state index contributed by atoms with van der Waals surface area (Å²) in [5.41, 5.74) is -0.669. The fraction of sp³-hybridized carbons (Fsp3) is 0.467. The number of rotatable bonds is 3. The normalized spacial score (nSPS) is 23.6. The van der Waals surface area contributed by atoms with Crippen molar-refractivity contribution in [3.8, 4) is 0 Å². The van der Waals surface area contributed by atoms with E-state index in [0.29, 0.717) is 18.6 Å². The van der Waals surface area contributed by atoms with Crippen LogP contribution in [-0.4, -0.2) is 29.6 Å². The van der Waals surface area contributed by atoms with E-state index in [1.54, 1.807) is 0 Å². The second-order valence-corrected chi connectivity index (χ2v) is 6.34. The Bertz CT molecular complexity index is 641. The smallest absolute Gasteiger partial charge is 0.313 e. The van der Waals surface area contributed by atoms with Crippen molar-refractivity contribution in [3.63, 3.8) is 0 Å². The molecule has 0 aromatic heterocycles. The highest BCUT2D eigenvalue weighted by Crippen LogP contribution is 2.37. The van der Waals surface area contributed by atoms with Gasteiger partial charge in [-0.25, -0.2) is 8.78 Å². The molecule has 0 aliphatic heterocycles. The summed E-state index contributed by atoms with van der Waals surface area (Å²) < 4.78 is 26.1. The Hall–Kier alpha value is -1.73. The van der Waals surface area contributed by atoms with Crippen molar-refractivity contribution in [1.82, 2.24) is 5.32 Å². The van der Waals surface area contributed by atoms with Gasteiger partial charge in [0, 0.05) is 17.5 Å². The number of amides is 2. The minimum absolute atomic E-state index is 0.103. The topological polar surface area (TPSA) is 78.4 Å². The van der Waals surface area contributed by atoms with Gasteiger partial charge < -0.3 is 15.7 Å². The quantitative estimate of drug-likeness (QED) is 0.580. The number of hydrogen-bond acceptors (Lipinski definition) is 3. The van der Waals surface area contributed by atoms with Crippen molar-refractivity contribution in [2.45, 2.75) is 32.2 Å². The number of aliphatic hydroxyl groups excluding tert-OH is 1. The van der Waals surface area contributed by atoms with Gasteiger partial charge in [0.25, 0.3) is 0 Å². The average Bonchev–Trinajstić information content (AvgIpc) is 2.86. The van der Waals surface area contributed by atoms with Gasteiger partial charge in [0.15, 0.2) is 11.6 Å². The van der Waals surface area contributed by atoms with Crippen LogP contribution in [0.3, 0.4) is 0 Å². The van der Waals surface area contributed by atoms with Crippen LogP contribution in [0.1, 0.15) is 26.2 Å². The molecule has 0 spiro atoms. The third-order valence-electron chi connectivity index (χ3n) is 4.21. The lowest BCUT2D eigenvalue weighted by atomic mass is 9.86. The number of carbonyl (C=O) groups excluding carboxylic acids is 2. The maximum absolute atomic E-state index is 13.2. The zero-order valence-electron chi connectivity index (χ0n) is 12.5. The minimum atomic E-state index is -1.19. The highest BCUT2D eigenvalue weighted by Gasteiger charge is 2.39. The lowest BCUT2D eigenvalue weighted by Gasteiger charge is -2.29. The largest absolute Gasteiger partial charge is 0.396 e. The van der Waals surface area contributed by atoms with Crippen LogP contribution in [-0.2, 0) is 9.59 Å². The second kappa shape index (κ2) is 6.80. The van der Waals surface area contributed by atoms with Gasteiger partial charge in [-0.05, 0) is 18.9 Å². The lowest BCUT2D eigenvalue weighted by molar-refractivity contribution is -0.137. The summed E-state index contributed by atoms with van der Waals surface area (Å²) >= 11 is 5.70. The van der Waals surface area contributed by atoms with E-state index in [2.05, 4.69) is 10.6 Å². The Morgan fingerprint density at radius 2 is 2.00 bits per heavy atom. The number of hydrogen-bond donors (Lipinski definition) is 3. The molecule has 126 valence electrons. The first-order valence-electron chi connectivity index (χ1n) is 7.14. The maximum atomic E-state index is 13.2. The van der Waals surface area contributed by atoms with Crippen molar-refractivity contribution in [3.05, 3.63) is 28.8 Å². The van der Waals surface area contributed by atoms with E-state index in [0.717, 1.165) is 12.8 Å². The zero-order valence-corrected chi connectivity index (χ0v) is 13.2. The molecule has 0 radical (unpaired) electrons. The van der Waals surface area contributed by atoms with Gasteiger partial charge >= 0.3 is 11.8 Å². The van der Waals surface area contributed by atoms with E-state index in [1.807, 2.05) is 6.92 Å². The molecule has 1 saturated carbocycles. The van der Waals surface area contributed by atoms with Gasteiger partial charge in [-0.15, -0.1) is 0 Å². The standard InChI is InChI=1S/C15H17ClF2N2O3/c1-15(7-21)4-2-3-12(15)20-14(23)13(22)19-11-6-10(18)9(17)5-8(11)16/h5-6,12,21H,2-4,7H2,1H3,(H,19,22)(H,20,23). The average molecular weight is 347 g/mol. The molecule has 23 heavy (non-hydrogen) atoms. The molecule has 1 fully saturated rings. The number of benzene rings is 1. The van der Waals surface area contributed by atoms with Crippen molar-refractivity contribution < 1.29 is 23.5 Å². The fourth-order valence-electron chi connectivity index (χ4n) is 2.69. The SMILES string of the molecule is CC1(CO)CCCC1NC(=O)C(=O)Nc1cc(F)c(F)cc1Cl. The molecular formula is C15H17ClF2N2O3. The Morgan fingerprint density at radius 1 is 1.35 bits per heavy atom. The van der Waals surface area contributed by atoms with E-state index in [1.165, 1.54) is 0 Å². The van der Waals surface area contributed by atoms with Crippen molar-refractivity contribution in [2.24, 2.45) is 5.41 Å². The van der Waals surface area contributed by atoms with Gasteiger partial charge in [0.1, 0.15) is 0 Å². The van der Waals surface area contributed by atoms with Crippen molar-refractivity contribution >= 4 is 29.1 Å². The summed E-state index contributed by atoms with van der Waals surface area (Å²) in [7, 11) is 0. The summed E-state index contributed by atoms with van der Waals surface area (Å²) in [6.45, 7) is 1.73. The first kappa shape index (κ1) is 17.6. The molecule has 1 aromatic carbocycles. The van der Waals surface area contributed by atoms with E-state index in [9.17, 15) is 23.5 Å². The van der Waals surface area contributed by atoms with Crippen molar-refractivity contribution in [2.75, 3.05) is 11.9 Å². The van der Waals surface area contributed by atoms with Crippen LogP contribution >= 0.6 is 11.6 Å². The maximum Gasteiger partial charge on any atom is 0.313 e. The molecule has 0 bridgehead atoms. The monoisotopic (exact) mass is 346 g/mol. The van der Waals surface area contributed by atoms with Crippen LogP contribution in [0.5, 0.6) is 0 Å². The first-order valence-corrected chi connectivity index (χ1v) is 7.52. The Kier molecular flexibility index (Phi) is 5.21. The van der Waals surface area contributed by atoms with Gasteiger partial charge in [0.2, 0.25) is 0 Å². The van der Waals surface area contributed by atoms with Gasteiger partial charge in [0.05, 0.1) is 17.3 Å². The summed E-state index contributed by atoms with van der Waals surface area (Å²) in [6.07, 6.45) is 2.23. The van der Waals surface area contributed by atoms with Crippen LogP contribution in [0.15, 0.2) is 12.1 Å². The lowest BCUT2D eigenvalue weighted by Crippen LogP contribution is -2.48. The molecule has 2 unspecified atom stereocenters. The molecule has 0 heterocycles. The van der Waals surface area contributed by atoms with E-state index in [4.69, 9.17) is 11.6 Å². The number of anilines is 1. The Labute approximate surface area is 137 Å². The first-order chi connectivity index (χ1) is 10.8. The Morgan fingerprint density at radius 3 is 2.65 bits per heavy atom. The highest BCUT2D eigenvalue weighted by molar-refractivity contribution is 6.41. The summed E-state index contributed by atoms with van der Waals surface area (Å²) in [5.74, 6) is -4.29. The molecule has 2 amide bonds. The highest BCUT2D eigenvalue weighted by atomic mass is 35.5. The number of halogens is 3. The second-order valence-electron chi connectivity index (χ2n) is 5.93. The molecule has 1 aromatic rings. The predicted octanol–water partition coefficient (Wildman–Crippen LogP) is 2.22. The van der Waals surface area contributed by atoms with E-state index in [-0.39, 0.29) is 23.4 Å². The summed E-state index contributed by atoms with van der Waals surface area (Å²) in [6, 6.07) is 1.09. The van der Waals surface area contributed by atoms with Gasteiger partial charge in [-0.3, -0.25) is 9.59 Å². The molecule has 3 N–H and O–H groups in total. The molecule has 1 aliphatic carbocycles. The number of nitrogens with one attached hydrogen (secondary N) is 2. The number of aliphatic hydroxyl groups is 1. The molecule has 2 atom stereocenters. The summed E-state index contributed by atoms with van der Waals surface area (Å²) in [5, 5.41) is 13.9. The fourth-order valence-corrected chi connectivity index (χ4v) is 2.89. The molecule has 2 rings (SSSR count). The molecule has 5 nitrogen and oxygen atoms in total. The van der Waals surface area contributed by atoms with Crippen LogP contribution in [0.2, 0.25) is 5.02 Å². The third kappa shape index (κ3) is 3.79. The van der Waals surface area contributed by atoms with Crippen LogP contribution in [0, 0.1) is 17.0 Å². The van der Waals surface area contributed by atoms with Crippen molar-refractivity contribution in [1.29, 1.82) is 0 Å². The number of carbonyl (C=O) groups is 2.